The van der Waals surface area contributed by atoms with E-state index in [0.717, 1.165) is 0 Å². The first-order valence-electron chi connectivity index (χ1n) is 6.02. The summed E-state index contributed by atoms with van der Waals surface area (Å²) in [6, 6.07) is 0. The van der Waals surface area contributed by atoms with Crippen LogP contribution in [0.5, 0.6) is 5.75 Å². The Bertz CT molecular complexity index is 450. The Morgan fingerprint density at radius 1 is 1.40 bits per heavy atom. The molecule has 8 heteroatoms. The molecule has 1 aromatic rings. The maximum Gasteiger partial charge on any atom is 0.263 e. The first-order valence-corrected chi connectivity index (χ1v) is 6.84. The second-order valence-corrected chi connectivity index (χ2v) is 5.00. The number of carbonyl (C=O) groups excluding carboxylic acids is 1. The van der Waals surface area contributed by atoms with Crippen molar-refractivity contribution in [2.75, 3.05) is 52.6 Å². The van der Waals surface area contributed by atoms with Crippen molar-refractivity contribution in [1.29, 1.82) is 0 Å². The van der Waals surface area contributed by atoms with Crippen LogP contribution in [0, 0.1) is 0 Å². The third kappa shape index (κ3) is 3.75. The Hall–Kier alpha value is -1.51. The molecule has 114 valence electrons. The van der Waals surface area contributed by atoms with E-state index in [1.807, 2.05) is 0 Å². The van der Waals surface area contributed by atoms with Gasteiger partial charge in [0.25, 0.3) is 5.91 Å². The second-order valence-electron chi connectivity index (χ2n) is 3.98. The zero-order valence-corrected chi connectivity index (χ0v) is 12.9. The van der Waals surface area contributed by atoms with Gasteiger partial charge in [-0.3, -0.25) is 4.79 Å². The van der Waals surface area contributed by atoms with E-state index in [9.17, 15) is 4.79 Å². The van der Waals surface area contributed by atoms with E-state index in [1.165, 1.54) is 18.4 Å². The van der Waals surface area contributed by atoms with Gasteiger partial charge in [0.2, 0.25) is 0 Å². The lowest BCUT2D eigenvalue weighted by Gasteiger charge is -2.15. The number of hydrogen-bond donors (Lipinski definition) is 3. The number of nitrogens with one attached hydrogen (secondary N) is 2. The molecule has 1 unspecified atom stereocenters. The van der Waals surface area contributed by atoms with Crippen LogP contribution in [0.15, 0.2) is 0 Å². The average Bonchev–Trinajstić information content (AvgIpc) is 2.78. The van der Waals surface area contributed by atoms with E-state index in [0.29, 0.717) is 34.5 Å². The number of nitrogens with two attached hydrogens (primary N) is 1. The van der Waals surface area contributed by atoms with E-state index in [4.69, 9.17) is 19.9 Å². The van der Waals surface area contributed by atoms with Crippen LogP contribution in [0.1, 0.15) is 9.67 Å². The highest BCUT2D eigenvalue weighted by molar-refractivity contribution is 7.19. The molecule has 0 aliphatic carbocycles. The monoisotopic (exact) mass is 303 g/mol. The Balaban J connectivity index is 2.86. The highest BCUT2D eigenvalue weighted by Crippen LogP contribution is 2.42. The molecule has 0 aromatic carbocycles. The average molecular weight is 303 g/mol. The lowest BCUT2D eigenvalue weighted by molar-refractivity contribution is 0.0366. The van der Waals surface area contributed by atoms with Crippen molar-refractivity contribution in [2.45, 2.75) is 6.10 Å². The molecule has 4 N–H and O–H groups in total. The first-order chi connectivity index (χ1) is 9.58. The molecule has 0 bridgehead atoms. The van der Waals surface area contributed by atoms with Crippen molar-refractivity contribution in [3.05, 3.63) is 4.88 Å². The number of anilines is 2. The van der Waals surface area contributed by atoms with Crippen LogP contribution in [-0.2, 0) is 9.47 Å². The number of hydrogen-bond acceptors (Lipinski definition) is 7. The van der Waals surface area contributed by atoms with Gasteiger partial charge in [0.15, 0.2) is 5.75 Å². The first kappa shape index (κ1) is 16.5. The van der Waals surface area contributed by atoms with Crippen LogP contribution in [0.25, 0.3) is 0 Å². The summed E-state index contributed by atoms with van der Waals surface area (Å²) in [7, 11) is 6.29. The Kier molecular flexibility index (Phi) is 6.56. The quantitative estimate of drug-likeness (QED) is 0.657. The molecular weight excluding hydrogens is 282 g/mol. The van der Waals surface area contributed by atoms with E-state index in [2.05, 4.69) is 10.6 Å². The van der Waals surface area contributed by atoms with Crippen molar-refractivity contribution < 1.29 is 19.0 Å². The summed E-state index contributed by atoms with van der Waals surface area (Å²) in [5.41, 5.74) is 6.25. The van der Waals surface area contributed by atoms with Crippen molar-refractivity contribution in [3.8, 4) is 5.75 Å². The highest BCUT2D eigenvalue weighted by Gasteiger charge is 2.21. The minimum Gasteiger partial charge on any atom is -0.492 e. The number of methoxy groups -OCH3 is 3. The molecule has 0 spiro atoms. The predicted molar refractivity (Wildman–Crippen MR) is 79.8 cm³/mol. The summed E-state index contributed by atoms with van der Waals surface area (Å²) in [5, 5.41) is 6.41. The van der Waals surface area contributed by atoms with E-state index in [-0.39, 0.29) is 12.0 Å². The SMILES string of the molecule is CNC(=O)c1sc(NCC(COC)OC)c(OC)c1N. The predicted octanol–water partition coefficient (Wildman–Crippen LogP) is 0.772. The maximum absolute atomic E-state index is 11.7. The van der Waals surface area contributed by atoms with E-state index >= 15 is 0 Å². The topological polar surface area (TPSA) is 94.8 Å². The molecule has 0 fully saturated rings. The number of thiophene rings is 1. The number of carbonyl (C=O) groups is 1. The molecule has 7 nitrogen and oxygen atoms in total. The second kappa shape index (κ2) is 7.93. The summed E-state index contributed by atoms with van der Waals surface area (Å²) < 4.78 is 15.5. The third-order valence-corrected chi connectivity index (χ3v) is 3.86. The van der Waals surface area contributed by atoms with Crippen molar-refractivity contribution in [3.63, 3.8) is 0 Å². The highest BCUT2D eigenvalue weighted by atomic mass is 32.1. The minimum atomic E-state index is -0.237. The molecule has 1 heterocycles. The molecule has 0 aliphatic heterocycles. The zero-order chi connectivity index (χ0) is 15.1. The fraction of sp³-hybridized carbons (Fsp3) is 0.583. The van der Waals surface area contributed by atoms with Gasteiger partial charge >= 0.3 is 0 Å². The van der Waals surface area contributed by atoms with Crippen LogP contribution in [0.4, 0.5) is 10.7 Å². The Labute approximate surface area is 122 Å². The summed E-state index contributed by atoms with van der Waals surface area (Å²) in [6.07, 6.45) is -0.100. The maximum atomic E-state index is 11.7. The lowest BCUT2D eigenvalue weighted by Crippen LogP contribution is -2.26. The normalized spacial score (nSPS) is 12.0. The fourth-order valence-electron chi connectivity index (χ4n) is 1.63. The molecule has 1 amide bonds. The lowest BCUT2D eigenvalue weighted by atomic mass is 10.3. The molecule has 0 saturated carbocycles. The summed E-state index contributed by atoms with van der Waals surface area (Å²) in [6.45, 7) is 0.989. The number of ether oxygens (including phenoxy) is 3. The standard InChI is InChI=1S/C12H21N3O4S/c1-14-11(16)10-8(13)9(19-4)12(20-10)15-5-7(18-3)6-17-2/h7,15H,5-6,13H2,1-4H3,(H,14,16). The number of amides is 1. The van der Waals surface area contributed by atoms with Gasteiger partial charge in [-0.25, -0.2) is 0 Å². The Morgan fingerprint density at radius 2 is 2.10 bits per heavy atom. The van der Waals surface area contributed by atoms with Crippen molar-refractivity contribution in [1.82, 2.24) is 5.32 Å². The van der Waals surface area contributed by atoms with Crippen molar-refractivity contribution in [2.24, 2.45) is 0 Å². The van der Waals surface area contributed by atoms with Gasteiger partial charge in [-0.05, 0) is 0 Å². The molecule has 0 saturated heterocycles. The van der Waals surface area contributed by atoms with Gasteiger partial charge in [-0.15, -0.1) is 11.3 Å². The van der Waals surface area contributed by atoms with Gasteiger partial charge in [0, 0.05) is 27.8 Å². The molecule has 0 radical (unpaired) electrons. The molecule has 1 atom stereocenters. The molecule has 20 heavy (non-hydrogen) atoms. The third-order valence-electron chi connectivity index (χ3n) is 2.71. The van der Waals surface area contributed by atoms with E-state index < -0.39 is 0 Å². The molecule has 1 rings (SSSR count). The van der Waals surface area contributed by atoms with Gasteiger partial charge in [-0.1, -0.05) is 0 Å². The van der Waals surface area contributed by atoms with Gasteiger partial charge < -0.3 is 30.6 Å². The summed E-state index contributed by atoms with van der Waals surface area (Å²) in [4.78, 5) is 12.1. The summed E-state index contributed by atoms with van der Waals surface area (Å²) >= 11 is 1.24. The van der Waals surface area contributed by atoms with Gasteiger partial charge in [0.05, 0.1) is 19.8 Å². The zero-order valence-electron chi connectivity index (χ0n) is 12.1. The smallest absolute Gasteiger partial charge is 0.263 e. The van der Waals surface area contributed by atoms with Crippen LogP contribution in [-0.4, -0.2) is 53.5 Å². The number of nitrogen functional groups attached to an aromatic ring is 1. The van der Waals surface area contributed by atoms with Crippen molar-refractivity contribution >= 4 is 27.9 Å². The largest absolute Gasteiger partial charge is 0.492 e. The minimum absolute atomic E-state index is 0.100. The summed E-state index contributed by atoms with van der Waals surface area (Å²) in [5.74, 6) is 0.236. The number of rotatable bonds is 8. The van der Waals surface area contributed by atoms with Crippen LogP contribution in [0.2, 0.25) is 0 Å². The van der Waals surface area contributed by atoms with Gasteiger partial charge in [0.1, 0.15) is 15.6 Å². The van der Waals surface area contributed by atoms with E-state index in [1.54, 1.807) is 21.3 Å². The molecular formula is C12H21N3O4S. The van der Waals surface area contributed by atoms with Crippen LogP contribution in [0.3, 0.4) is 0 Å². The molecule has 0 aliphatic rings. The molecule has 1 aromatic heterocycles. The fourth-order valence-corrected chi connectivity index (χ4v) is 2.68. The van der Waals surface area contributed by atoms with Crippen LogP contribution >= 0.6 is 11.3 Å². The van der Waals surface area contributed by atoms with Crippen LogP contribution < -0.4 is 21.1 Å². The Morgan fingerprint density at radius 3 is 2.60 bits per heavy atom. The van der Waals surface area contributed by atoms with Gasteiger partial charge in [-0.2, -0.15) is 0 Å².